The molecule has 170 valence electrons. The van der Waals surface area contributed by atoms with E-state index in [9.17, 15) is 0 Å². The average molecular weight is 453 g/mol. The Morgan fingerprint density at radius 2 is 1.57 bits per heavy atom. The van der Waals surface area contributed by atoms with Gasteiger partial charge in [-0.2, -0.15) is 0 Å². The molecular formula is C33H28N2. The summed E-state index contributed by atoms with van der Waals surface area (Å²) in [5.74, 6) is 0. The van der Waals surface area contributed by atoms with Crippen LogP contribution in [0.1, 0.15) is 34.0 Å². The Hall–Kier alpha value is -3.75. The lowest BCUT2D eigenvalue weighted by molar-refractivity contribution is 0.228. The van der Waals surface area contributed by atoms with Crippen LogP contribution in [0.15, 0.2) is 97.2 Å². The van der Waals surface area contributed by atoms with E-state index in [0.717, 1.165) is 31.5 Å². The van der Waals surface area contributed by atoms with Crippen LogP contribution in [0.2, 0.25) is 0 Å². The smallest absolute Gasteiger partial charge is 0.0525 e. The number of hydrogen-bond donors (Lipinski definition) is 0. The van der Waals surface area contributed by atoms with Crippen LogP contribution < -0.4 is 0 Å². The second kappa shape index (κ2) is 8.18. The van der Waals surface area contributed by atoms with Crippen molar-refractivity contribution in [2.24, 2.45) is 0 Å². The molecule has 4 aromatic carbocycles. The van der Waals surface area contributed by atoms with Gasteiger partial charge in [0.05, 0.1) is 5.69 Å². The molecule has 0 N–H and O–H groups in total. The molecule has 0 saturated heterocycles. The normalized spacial score (nSPS) is 16.7. The molecule has 0 bridgehead atoms. The van der Waals surface area contributed by atoms with Crippen LogP contribution in [0, 0.1) is 0 Å². The lowest BCUT2D eigenvalue weighted by atomic mass is 9.74. The Balaban J connectivity index is 1.44. The maximum Gasteiger partial charge on any atom is 0.0525 e. The Bertz CT molecular complexity index is 1580. The quantitative estimate of drug-likeness (QED) is 0.287. The van der Waals surface area contributed by atoms with Crippen molar-refractivity contribution in [2.45, 2.75) is 25.3 Å². The standard InChI is InChI=1S/C33H28N2/c1-35-19-17-23-14-15-29(33-28-13-7-4-10-25(28)21-31(35)32(23)33)26-11-5-3-9-24(26)20-30-27-12-6-2-8-22(27)16-18-34-30/h2-16,18,31H,17,19-21H2,1H3. The summed E-state index contributed by atoms with van der Waals surface area (Å²) >= 11 is 0. The van der Waals surface area contributed by atoms with Crippen molar-refractivity contribution in [3.8, 4) is 22.3 Å². The van der Waals surface area contributed by atoms with Gasteiger partial charge in [-0.3, -0.25) is 9.88 Å². The Morgan fingerprint density at radius 3 is 2.51 bits per heavy atom. The van der Waals surface area contributed by atoms with Gasteiger partial charge in [0.2, 0.25) is 0 Å². The topological polar surface area (TPSA) is 16.1 Å². The zero-order valence-corrected chi connectivity index (χ0v) is 20.0. The molecule has 2 heteroatoms. The molecule has 1 aliphatic heterocycles. The summed E-state index contributed by atoms with van der Waals surface area (Å²) in [4.78, 5) is 7.37. The summed E-state index contributed by atoms with van der Waals surface area (Å²) in [6, 6.07) is 33.9. The van der Waals surface area contributed by atoms with Crippen molar-refractivity contribution in [2.75, 3.05) is 13.6 Å². The molecule has 0 saturated carbocycles. The van der Waals surface area contributed by atoms with Gasteiger partial charge >= 0.3 is 0 Å². The van der Waals surface area contributed by atoms with E-state index >= 15 is 0 Å². The number of benzene rings is 4. The molecular weight excluding hydrogens is 424 g/mol. The van der Waals surface area contributed by atoms with E-state index in [4.69, 9.17) is 4.98 Å². The summed E-state index contributed by atoms with van der Waals surface area (Å²) < 4.78 is 0. The third kappa shape index (κ3) is 3.32. The molecule has 0 radical (unpaired) electrons. The van der Waals surface area contributed by atoms with E-state index < -0.39 is 0 Å². The average Bonchev–Trinajstić information content (AvgIpc) is 2.91. The van der Waals surface area contributed by atoms with E-state index in [2.05, 4.69) is 103 Å². The van der Waals surface area contributed by atoms with Crippen LogP contribution in [-0.4, -0.2) is 23.5 Å². The second-order valence-electron chi connectivity index (χ2n) is 9.98. The predicted molar refractivity (Wildman–Crippen MR) is 145 cm³/mol. The molecule has 1 atom stereocenters. The highest BCUT2D eigenvalue weighted by atomic mass is 15.1. The zero-order valence-electron chi connectivity index (χ0n) is 20.0. The van der Waals surface area contributed by atoms with Gasteiger partial charge in [0.25, 0.3) is 0 Å². The van der Waals surface area contributed by atoms with Crippen LogP contribution in [0.5, 0.6) is 0 Å². The van der Waals surface area contributed by atoms with Gasteiger partial charge in [0.15, 0.2) is 0 Å². The van der Waals surface area contributed by atoms with Gasteiger partial charge in [0.1, 0.15) is 0 Å². The lowest BCUT2D eigenvalue weighted by Crippen LogP contribution is -2.35. The summed E-state index contributed by atoms with van der Waals surface area (Å²) in [6.07, 6.45) is 4.98. The van der Waals surface area contributed by atoms with Crippen molar-refractivity contribution in [1.82, 2.24) is 9.88 Å². The molecule has 2 heterocycles. The van der Waals surface area contributed by atoms with Gasteiger partial charge in [-0.15, -0.1) is 0 Å². The van der Waals surface area contributed by atoms with Crippen LogP contribution >= 0.6 is 0 Å². The number of likely N-dealkylation sites (N-methyl/N-ethyl adjacent to an activating group) is 1. The summed E-state index contributed by atoms with van der Waals surface area (Å²) in [5.41, 5.74) is 12.5. The molecule has 0 spiro atoms. The fourth-order valence-corrected chi connectivity index (χ4v) is 6.30. The predicted octanol–water partition coefficient (Wildman–Crippen LogP) is 7.24. The van der Waals surface area contributed by atoms with E-state index in [1.807, 2.05) is 6.20 Å². The lowest BCUT2D eigenvalue weighted by Gasteiger charge is -2.40. The molecule has 1 aromatic heterocycles. The first-order valence-electron chi connectivity index (χ1n) is 12.6. The van der Waals surface area contributed by atoms with Crippen LogP contribution in [0.4, 0.5) is 0 Å². The summed E-state index contributed by atoms with van der Waals surface area (Å²) in [7, 11) is 2.29. The third-order valence-electron chi connectivity index (χ3n) is 8.06. The maximum atomic E-state index is 4.81. The monoisotopic (exact) mass is 452 g/mol. The Morgan fingerprint density at radius 1 is 0.771 bits per heavy atom. The minimum absolute atomic E-state index is 0.454. The molecule has 5 aromatic rings. The maximum absolute atomic E-state index is 4.81. The Kier molecular flexibility index (Phi) is 4.82. The van der Waals surface area contributed by atoms with Gasteiger partial charge in [-0.1, -0.05) is 84.9 Å². The fourth-order valence-electron chi connectivity index (χ4n) is 6.30. The first-order chi connectivity index (χ1) is 17.3. The van der Waals surface area contributed by atoms with Crippen molar-refractivity contribution in [3.63, 3.8) is 0 Å². The van der Waals surface area contributed by atoms with Crippen molar-refractivity contribution in [1.29, 1.82) is 0 Å². The van der Waals surface area contributed by atoms with Gasteiger partial charge < -0.3 is 0 Å². The zero-order chi connectivity index (χ0) is 23.4. The highest BCUT2D eigenvalue weighted by molar-refractivity contribution is 5.91. The number of rotatable bonds is 3. The molecule has 2 nitrogen and oxygen atoms in total. The number of aromatic nitrogens is 1. The van der Waals surface area contributed by atoms with Crippen LogP contribution in [0.3, 0.4) is 0 Å². The molecule has 2 aliphatic rings. The van der Waals surface area contributed by atoms with Gasteiger partial charge in [-0.25, -0.2) is 0 Å². The molecule has 1 unspecified atom stereocenters. The van der Waals surface area contributed by atoms with Gasteiger partial charge in [-0.05, 0) is 75.8 Å². The van der Waals surface area contributed by atoms with E-state index in [1.165, 1.54) is 49.7 Å². The highest BCUT2D eigenvalue weighted by Gasteiger charge is 2.34. The van der Waals surface area contributed by atoms with Crippen LogP contribution in [-0.2, 0) is 19.3 Å². The van der Waals surface area contributed by atoms with Crippen molar-refractivity contribution < 1.29 is 0 Å². The SMILES string of the molecule is CN1CCc2ccc(-c3ccccc3Cc3nccc4ccccc34)c3c2C1Cc1ccccc1-3. The highest BCUT2D eigenvalue weighted by Crippen LogP contribution is 2.49. The van der Waals surface area contributed by atoms with E-state index in [-0.39, 0.29) is 0 Å². The molecule has 35 heavy (non-hydrogen) atoms. The van der Waals surface area contributed by atoms with Crippen molar-refractivity contribution >= 4 is 10.8 Å². The molecule has 0 fully saturated rings. The fraction of sp³-hybridized carbons (Fsp3) is 0.182. The van der Waals surface area contributed by atoms with Crippen molar-refractivity contribution in [3.05, 3.63) is 125 Å². The molecule has 7 rings (SSSR count). The number of hydrogen-bond acceptors (Lipinski definition) is 2. The Labute approximate surface area is 206 Å². The summed E-state index contributed by atoms with van der Waals surface area (Å²) in [5, 5.41) is 2.49. The minimum Gasteiger partial charge on any atom is -0.299 e. The second-order valence-corrected chi connectivity index (χ2v) is 9.98. The molecule has 1 aliphatic carbocycles. The first kappa shape index (κ1) is 20.6. The molecule has 0 amide bonds. The number of fused-ring (bicyclic) bond motifs is 3. The third-order valence-corrected chi connectivity index (χ3v) is 8.06. The van der Waals surface area contributed by atoms with Crippen LogP contribution in [0.25, 0.3) is 33.0 Å². The van der Waals surface area contributed by atoms with E-state index in [0.29, 0.717) is 6.04 Å². The number of pyridine rings is 1. The van der Waals surface area contributed by atoms with E-state index in [1.54, 1.807) is 5.56 Å². The number of nitrogens with zero attached hydrogens (tertiary/aromatic N) is 2. The summed E-state index contributed by atoms with van der Waals surface area (Å²) in [6.45, 7) is 1.13. The largest absolute Gasteiger partial charge is 0.299 e. The van der Waals surface area contributed by atoms with Gasteiger partial charge in [0, 0.05) is 30.6 Å². The first-order valence-corrected chi connectivity index (χ1v) is 12.6. The minimum atomic E-state index is 0.454.